The van der Waals surface area contributed by atoms with E-state index < -0.39 is 33.5 Å². The lowest BCUT2D eigenvalue weighted by Crippen LogP contribution is -2.32. The molecule has 2 aromatic carbocycles. The van der Waals surface area contributed by atoms with Gasteiger partial charge in [-0.3, -0.25) is 4.55 Å². The van der Waals surface area contributed by atoms with Crippen LogP contribution in [0.3, 0.4) is 0 Å². The topological polar surface area (TPSA) is 96.1 Å². The monoisotopic (exact) mass is 506 g/mol. The van der Waals surface area contributed by atoms with Crippen molar-refractivity contribution in [2.45, 2.75) is 31.9 Å². The molecule has 35 heavy (non-hydrogen) atoms. The molecule has 1 N–H and O–H groups in total. The Kier molecular flexibility index (Phi) is 6.65. The van der Waals surface area contributed by atoms with E-state index in [2.05, 4.69) is 9.98 Å². The van der Waals surface area contributed by atoms with Crippen molar-refractivity contribution in [1.29, 1.82) is 0 Å². The highest BCUT2D eigenvalue weighted by molar-refractivity contribution is 7.85. The van der Waals surface area contributed by atoms with Gasteiger partial charge in [-0.15, -0.1) is 0 Å². The van der Waals surface area contributed by atoms with E-state index in [1.165, 1.54) is 6.07 Å². The second kappa shape index (κ2) is 9.38. The number of alkyl halides is 3. The third kappa shape index (κ3) is 5.35. The second-order valence-electron chi connectivity index (χ2n) is 8.15. The summed E-state index contributed by atoms with van der Waals surface area (Å²) in [7, 11) is -2.48. The maximum absolute atomic E-state index is 13.8. The zero-order valence-electron chi connectivity index (χ0n) is 19.0. The SMILES string of the molecule is CCC(CCS(=O)(=O)O)c1c(C(F)(F)F)ccc2c1=NC(=CC=Cc1oc3ccccc3[n+]1C)N=2. The average Bonchev–Trinajstić information content (AvgIpc) is 3.34. The van der Waals surface area contributed by atoms with Crippen molar-refractivity contribution < 1.29 is 35.1 Å². The van der Waals surface area contributed by atoms with Crippen LogP contribution in [0.1, 0.15) is 42.7 Å². The molecule has 4 rings (SSSR count). The van der Waals surface area contributed by atoms with Gasteiger partial charge in [-0.1, -0.05) is 19.1 Å². The number of halogens is 3. The van der Waals surface area contributed by atoms with E-state index in [0.717, 1.165) is 11.6 Å². The molecular formula is C24H23F3N3O4S+. The van der Waals surface area contributed by atoms with Gasteiger partial charge in [-0.25, -0.2) is 9.98 Å². The molecule has 1 aliphatic heterocycles. The largest absolute Gasteiger partial charge is 0.416 e. The van der Waals surface area contributed by atoms with E-state index in [-0.39, 0.29) is 34.9 Å². The zero-order chi connectivity index (χ0) is 25.4. The quantitative estimate of drug-likeness (QED) is 0.389. The van der Waals surface area contributed by atoms with Gasteiger partial charge in [-0.2, -0.15) is 26.2 Å². The number of aryl methyl sites for hydroxylation is 1. The number of fused-ring (bicyclic) bond motifs is 2. The van der Waals surface area contributed by atoms with Gasteiger partial charge in [-0.05, 0) is 54.7 Å². The summed E-state index contributed by atoms with van der Waals surface area (Å²) in [5.41, 5.74) is 0.622. The number of aromatic nitrogens is 1. The Morgan fingerprint density at radius 3 is 2.57 bits per heavy atom. The summed E-state index contributed by atoms with van der Waals surface area (Å²) in [6.45, 7) is 1.66. The Bertz CT molecular complexity index is 1570. The molecule has 0 spiro atoms. The molecule has 0 bridgehead atoms. The summed E-state index contributed by atoms with van der Waals surface area (Å²) in [6.07, 6.45) is 0.297. The Morgan fingerprint density at radius 2 is 1.91 bits per heavy atom. The molecule has 7 nitrogen and oxygen atoms in total. The number of hydrogen-bond acceptors (Lipinski definition) is 5. The summed E-state index contributed by atoms with van der Waals surface area (Å²) in [5.74, 6) is -0.661. The normalized spacial score (nSPS) is 16.0. The summed E-state index contributed by atoms with van der Waals surface area (Å²) in [6, 6.07) is 9.71. The molecule has 3 aromatic rings. The first-order chi connectivity index (χ1) is 16.5. The Morgan fingerprint density at radius 1 is 1.17 bits per heavy atom. The van der Waals surface area contributed by atoms with Crippen molar-refractivity contribution in [2.24, 2.45) is 17.0 Å². The average molecular weight is 507 g/mol. The molecule has 0 radical (unpaired) electrons. The molecule has 2 heterocycles. The predicted octanol–water partition coefficient (Wildman–Crippen LogP) is 3.86. The van der Waals surface area contributed by atoms with Crippen LogP contribution in [0, 0.1) is 0 Å². The molecule has 0 amide bonds. The van der Waals surface area contributed by atoms with Crippen LogP contribution in [0.2, 0.25) is 0 Å². The van der Waals surface area contributed by atoms with Gasteiger partial charge in [0.15, 0.2) is 5.82 Å². The highest BCUT2D eigenvalue weighted by Gasteiger charge is 2.36. The Hall–Kier alpha value is -3.31. The minimum Gasteiger partial charge on any atom is -0.398 e. The van der Waals surface area contributed by atoms with Crippen LogP contribution in [0.5, 0.6) is 0 Å². The van der Waals surface area contributed by atoms with Crippen LogP contribution in [0.4, 0.5) is 13.2 Å². The molecule has 0 saturated carbocycles. The smallest absolute Gasteiger partial charge is 0.398 e. The summed E-state index contributed by atoms with van der Waals surface area (Å²) >= 11 is 0. The Balaban J connectivity index is 1.74. The van der Waals surface area contributed by atoms with Crippen LogP contribution >= 0.6 is 0 Å². The fourth-order valence-corrected chi connectivity index (χ4v) is 4.71. The minimum absolute atomic E-state index is 0.0657. The molecule has 184 valence electrons. The molecule has 1 atom stereocenters. The van der Waals surface area contributed by atoms with Crippen LogP contribution in [-0.4, -0.2) is 18.7 Å². The number of allylic oxidation sites excluding steroid dienone is 2. The molecule has 0 aliphatic carbocycles. The van der Waals surface area contributed by atoms with Crippen molar-refractivity contribution in [3.05, 3.63) is 82.1 Å². The minimum atomic E-state index is -4.66. The lowest BCUT2D eigenvalue weighted by molar-refractivity contribution is -0.652. The van der Waals surface area contributed by atoms with Gasteiger partial charge >= 0.3 is 12.1 Å². The highest BCUT2D eigenvalue weighted by atomic mass is 32.2. The maximum atomic E-state index is 13.8. The molecule has 1 unspecified atom stereocenters. The first kappa shape index (κ1) is 24.8. The lowest BCUT2D eigenvalue weighted by Gasteiger charge is -2.20. The Labute approximate surface area is 199 Å². The van der Waals surface area contributed by atoms with E-state index in [0.29, 0.717) is 11.5 Å². The number of rotatable bonds is 7. The van der Waals surface area contributed by atoms with E-state index >= 15 is 0 Å². The van der Waals surface area contributed by atoms with Crippen LogP contribution < -0.4 is 15.3 Å². The first-order valence-electron chi connectivity index (χ1n) is 10.9. The van der Waals surface area contributed by atoms with Crippen molar-refractivity contribution >= 4 is 27.3 Å². The summed E-state index contributed by atoms with van der Waals surface area (Å²) in [4.78, 5) is 8.66. The third-order valence-corrected chi connectivity index (χ3v) is 6.60. The van der Waals surface area contributed by atoms with Crippen molar-refractivity contribution in [1.82, 2.24) is 0 Å². The highest BCUT2D eigenvalue weighted by Crippen LogP contribution is 2.35. The molecule has 0 fully saturated rings. The zero-order valence-corrected chi connectivity index (χ0v) is 19.8. The molecule has 1 aliphatic rings. The van der Waals surface area contributed by atoms with Crippen molar-refractivity contribution in [2.75, 3.05) is 5.75 Å². The van der Waals surface area contributed by atoms with E-state index in [4.69, 9.17) is 8.97 Å². The maximum Gasteiger partial charge on any atom is 0.416 e. The van der Waals surface area contributed by atoms with Gasteiger partial charge in [0.05, 0.1) is 28.1 Å². The fourth-order valence-electron chi connectivity index (χ4n) is 4.13. The van der Waals surface area contributed by atoms with E-state index in [1.807, 2.05) is 35.9 Å². The van der Waals surface area contributed by atoms with Gasteiger partial charge in [0.1, 0.15) is 7.05 Å². The number of hydrogen-bond donors (Lipinski definition) is 1. The number of oxazole rings is 1. The molecule has 0 saturated heterocycles. The van der Waals surface area contributed by atoms with Gasteiger partial charge < -0.3 is 4.42 Å². The van der Waals surface area contributed by atoms with E-state index in [1.54, 1.807) is 25.2 Å². The first-order valence-corrected chi connectivity index (χ1v) is 12.5. The molecule has 11 heteroatoms. The van der Waals surface area contributed by atoms with E-state index in [9.17, 15) is 21.6 Å². The summed E-state index contributed by atoms with van der Waals surface area (Å²) < 4.78 is 80.7. The van der Waals surface area contributed by atoms with Crippen molar-refractivity contribution in [3.63, 3.8) is 0 Å². The number of nitrogens with zero attached hydrogens (tertiary/aromatic N) is 3. The second-order valence-corrected chi connectivity index (χ2v) is 9.72. The van der Waals surface area contributed by atoms with Crippen LogP contribution in [0.25, 0.3) is 17.2 Å². The fraction of sp³-hybridized carbons (Fsp3) is 0.292. The van der Waals surface area contributed by atoms with Gasteiger partial charge in [0.25, 0.3) is 15.6 Å². The molecule has 1 aromatic heterocycles. The van der Waals surface area contributed by atoms with Gasteiger partial charge in [0, 0.05) is 6.07 Å². The van der Waals surface area contributed by atoms with Crippen LogP contribution in [-0.2, 0) is 23.3 Å². The standard InChI is InChI=1S/C24H22F3N3O4S/c1-3-15(13-14-35(31,32)33)22-16(24(25,26)27)11-12-17-23(22)29-20(28-17)9-6-10-21-30(2)18-7-4-5-8-19(18)34-21/h4-12,15H,3,13-14H2,1-2H3/p+1. The van der Waals surface area contributed by atoms with Crippen molar-refractivity contribution in [3.8, 4) is 0 Å². The predicted molar refractivity (Wildman–Crippen MR) is 122 cm³/mol. The van der Waals surface area contributed by atoms with Gasteiger partial charge in [0.2, 0.25) is 5.58 Å². The third-order valence-electron chi connectivity index (χ3n) is 5.84. The summed E-state index contributed by atoms with van der Waals surface area (Å²) in [5, 5.41) is 0.336. The number of para-hydroxylation sites is 2. The lowest BCUT2D eigenvalue weighted by atomic mass is 9.89. The van der Waals surface area contributed by atoms with Crippen LogP contribution in [0.15, 0.2) is 68.8 Å². The number of benzene rings is 2. The molecular weight excluding hydrogens is 483 g/mol.